The Labute approximate surface area is 177 Å². The van der Waals surface area contributed by atoms with Crippen molar-refractivity contribution < 1.29 is 31.8 Å². The van der Waals surface area contributed by atoms with Crippen molar-refractivity contribution in [2.45, 2.75) is 19.7 Å². The van der Waals surface area contributed by atoms with Crippen LogP contribution >= 0.6 is 0 Å². The predicted molar refractivity (Wildman–Crippen MR) is 109 cm³/mol. The first kappa shape index (κ1) is 22.3. The van der Waals surface area contributed by atoms with Crippen LogP contribution in [0.1, 0.15) is 11.1 Å². The number of methoxy groups -OCH3 is 2. The minimum Gasteiger partial charge on any atom is -0.497 e. The second kappa shape index (κ2) is 10.1. The maximum atomic E-state index is 14.8. The van der Waals surface area contributed by atoms with Gasteiger partial charge >= 0.3 is 6.61 Å². The Balaban J connectivity index is 1.94. The molecule has 31 heavy (non-hydrogen) atoms. The largest absolute Gasteiger partial charge is 0.497 e. The average molecular weight is 435 g/mol. The maximum absolute atomic E-state index is 14.8. The first-order valence-electron chi connectivity index (χ1n) is 9.34. The molecule has 0 fully saturated rings. The molecule has 0 aromatic heterocycles. The second-order valence-electron chi connectivity index (χ2n) is 6.66. The molecule has 0 saturated heterocycles. The fourth-order valence-electron chi connectivity index (χ4n) is 3.08. The molecule has 0 heterocycles. The second-order valence-corrected chi connectivity index (χ2v) is 6.66. The summed E-state index contributed by atoms with van der Waals surface area (Å²) in [5, 5.41) is 0. The molecule has 0 unspecified atom stereocenters. The lowest BCUT2D eigenvalue weighted by atomic mass is 10.1. The Bertz CT molecular complexity index is 945. The van der Waals surface area contributed by atoms with Gasteiger partial charge in [-0.3, -0.25) is 0 Å². The zero-order valence-corrected chi connectivity index (χ0v) is 16.9. The average Bonchev–Trinajstić information content (AvgIpc) is 2.76. The SMILES string of the molecule is COc1ccc(CN(Cc2ccc(OC)cc2)c2cc(F)c(OC(F)F)cc2F)cc1. The van der Waals surface area contributed by atoms with Crippen molar-refractivity contribution in [3.8, 4) is 17.2 Å². The van der Waals surface area contributed by atoms with E-state index in [0.717, 1.165) is 17.2 Å². The zero-order chi connectivity index (χ0) is 22.4. The third-order valence-corrected chi connectivity index (χ3v) is 4.62. The molecular weight excluding hydrogens is 414 g/mol. The van der Waals surface area contributed by atoms with Crippen molar-refractivity contribution in [2.75, 3.05) is 19.1 Å². The molecule has 0 bridgehead atoms. The van der Waals surface area contributed by atoms with Gasteiger partial charge in [0.1, 0.15) is 17.3 Å². The van der Waals surface area contributed by atoms with E-state index in [-0.39, 0.29) is 18.8 Å². The van der Waals surface area contributed by atoms with E-state index in [9.17, 15) is 17.6 Å². The summed E-state index contributed by atoms with van der Waals surface area (Å²) in [6.45, 7) is -2.78. The van der Waals surface area contributed by atoms with Crippen LogP contribution in [0.25, 0.3) is 0 Å². The summed E-state index contributed by atoms with van der Waals surface area (Å²) in [7, 11) is 3.10. The van der Waals surface area contributed by atoms with Crippen LogP contribution in [0.5, 0.6) is 17.2 Å². The summed E-state index contributed by atoms with van der Waals surface area (Å²) >= 11 is 0. The standard InChI is InChI=1S/C23H21F4NO3/c1-29-17-7-3-15(4-8-17)13-28(14-16-5-9-18(30-2)10-6-16)21-11-20(25)22(12-19(21)24)31-23(26)27/h3-12,23H,13-14H2,1-2H3. The molecule has 0 atom stereocenters. The molecule has 3 aromatic rings. The van der Waals surface area contributed by atoms with Crippen LogP contribution in [0.4, 0.5) is 23.2 Å². The van der Waals surface area contributed by atoms with E-state index in [1.54, 1.807) is 43.4 Å². The van der Waals surface area contributed by atoms with Gasteiger partial charge in [0, 0.05) is 25.2 Å². The van der Waals surface area contributed by atoms with Gasteiger partial charge in [0.25, 0.3) is 0 Å². The highest BCUT2D eigenvalue weighted by Crippen LogP contribution is 2.31. The summed E-state index contributed by atoms with van der Waals surface area (Å²) in [4.78, 5) is 1.61. The number of halogens is 4. The lowest BCUT2D eigenvalue weighted by Gasteiger charge is -2.26. The molecule has 0 aliphatic carbocycles. The van der Waals surface area contributed by atoms with Crippen LogP contribution in [0, 0.1) is 11.6 Å². The van der Waals surface area contributed by atoms with Crippen molar-refractivity contribution >= 4 is 5.69 Å². The molecule has 0 amide bonds. The van der Waals surface area contributed by atoms with Gasteiger partial charge in [-0.1, -0.05) is 24.3 Å². The van der Waals surface area contributed by atoms with Crippen molar-refractivity contribution in [3.05, 3.63) is 83.4 Å². The number of anilines is 1. The summed E-state index contributed by atoms with van der Waals surface area (Å²) in [5.74, 6) is -1.47. The first-order valence-corrected chi connectivity index (χ1v) is 9.34. The molecule has 0 aliphatic heterocycles. The quantitative estimate of drug-likeness (QED) is 0.398. The predicted octanol–water partition coefficient (Wildman–Crippen LogP) is 5.79. The van der Waals surface area contributed by atoms with Crippen molar-refractivity contribution in [2.24, 2.45) is 0 Å². The minimum atomic E-state index is -3.26. The molecule has 0 N–H and O–H groups in total. The highest BCUT2D eigenvalue weighted by atomic mass is 19.3. The van der Waals surface area contributed by atoms with Gasteiger partial charge in [0.15, 0.2) is 11.6 Å². The summed E-state index contributed by atoms with van der Waals surface area (Å²) in [6, 6.07) is 15.8. The topological polar surface area (TPSA) is 30.9 Å². The zero-order valence-electron chi connectivity index (χ0n) is 16.9. The van der Waals surface area contributed by atoms with E-state index in [4.69, 9.17) is 9.47 Å². The van der Waals surface area contributed by atoms with Gasteiger partial charge in [-0.2, -0.15) is 8.78 Å². The number of rotatable bonds is 9. The molecule has 3 rings (SSSR count). The Morgan fingerprint density at radius 2 is 1.23 bits per heavy atom. The smallest absolute Gasteiger partial charge is 0.387 e. The van der Waals surface area contributed by atoms with Gasteiger partial charge in [0.05, 0.1) is 19.9 Å². The minimum absolute atomic E-state index is 0.0780. The van der Waals surface area contributed by atoms with E-state index >= 15 is 0 Å². The van der Waals surface area contributed by atoms with E-state index in [0.29, 0.717) is 17.6 Å². The number of alkyl halides is 2. The van der Waals surface area contributed by atoms with Crippen LogP contribution in [0.15, 0.2) is 60.7 Å². The van der Waals surface area contributed by atoms with Crippen LogP contribution < -0.4 is 19.1 Å². The lowest BCUT2D eigenvalue weighted by molar-refractivity contribution is -0.0523. The van der Waals surface area contributed by atoms with Crippen LogP contribution in [-0.2, 0) is 13.1 Å². The van der Waals surface area contributed by atoms with E-state index < -0.39 is 24.0 Å². The summed E-state index contributed by atoms with van der Waals surface area (Å²) < 4.78 is 68.4. The Morgan fingerprint density at radius 3 is 1.65 bits per heavy atom. The van der Waals surface area contributed by atoms with Crippen molar-refractivity contribution in [1.82, 2.24) is 0 Å². The fraction of sp³-hybridized carbons (Fsp3) is 0.217. The van der Waals surface area contributed by atoms with Crippen LogP contribution in [-0.4, -0.2) is 20.8 Å². The highest BCUT2D eigenvalue weighted by molar-refractivity contribution is 5.52. The van der Waals surface area contributed by atoms with Gasteiger partial charge in [-0.15, -0.1) is 0 Å². The van der Waals surface area contributed by atoms with E-state index in [2.05, 4.69) is 4.74 Å². The van der Waals surface area contributed by atoms with Gasteiger partial charge in [-0.25, -0.2) is 8.78 Å². The highest BCUT2D eigenvalue weighted by Gasteiger charge is 2.19. The first-order chi connectivity index (χ1) is 14.9. The molecule has 3 aromatic carbocycles. The van der Waals surface area contributed by atoms with Crippen molar-refractivity contribution in [1.29, 1.82) is 0 Å². The molecule has 0 aliphatic rings. The number of benzene rings is 3. The van der Waals surface area contributed by atoms with Gasteiger partial charge in [0.2, 0.25) is 0 Å². The molecule has 8 heteroatoms. The molecule has 164 valence electrons. The normalized spacial score (nSPS) is 10.8. The van der Waals surface area contributed by atoms with Gasteiger partial charge in [-0.05, 0) is 35.4 Å². The monoisotopic (exact) mass is 435 g/mol. The number of hydrogen-bond acceptors (Lipinski definition) is 4. The molecule has 0 spiro atoms. The number of ether oxygens (including phenoxy) is 3. The van der Waals surface area contributed by atoms with Crippen molar-refractivity contribution in [3.63, 3.8) is 0 Å². The third kappa shape index (κ3) is 5.81. The maximum Gasteiger partial charge on any atom is 0.387 e. The van der Waals surface area contributed by atoms with Crippen LogP contribution in [0.3, 0.4) is 0 Å². The molecular formula is C23H21F4NO3. The Morgan fingerprint density at radius 1 is 0.742 bits per heavy atom. The summed E-state index contributed by atoms with van der Waals surface area (Å²) in [6.07, 6.45) is 0. The van der Waals surface area contributed by atoms with Gasteiger partial charge < -0.3 is 19.1 Å². The van der Waals surface area contributed by atoms with Crippen LogP contribution in [0.2, 0.25) is 0 Å². The lowest BCUT2D eigenvalue weighted by Crippen LogP contribution is -2.23. The molecule has 0 radical (unpaired) electrons. The number of hydrogen-bond donors (Lipinski definition) is 0. The summed E-state index contributed by atoms with van der Waals surface area (Å²) in [5.41, 5.74) is 1.56. The third-order valence-electron chi connectivity index (χ3n) is 4.62. The molecule has 4 nitrogen and oxygen atoms in total. The fourth-order valence-corrected chi connectivity index (χ4v) is 3.08. The molecule has 0 saturated carbocycles. The number of nitrogens with zero attached hydrogens (tertiary/aromatic N) is 1. The van der Waals surface area contributed by atoms with E-state index in [1.807, 2.05) is 24.3 Å². The Hall–Kier alpha value is -3.42. The Kier molecular flexibility index (Phi) is 7.23. The van der Waals surface area contributed by atoms with E-state index in [1.165, 1.54) is 0 Å².